The summed E-state index contributed by atoms with van der Waals surface area (Å²) in [6.07, 6.45) is 4.40. The highest BCUT2D eigenvalue weighted by molar-refractivity contribution is 7.21. The molecule has 2 amide bonds. The number of halogens is 1. The van der Waals surface area contributed by atoms with E-state index < -0.39 is 11.9 Å². The van der Waals surface area contributed by atoms with Gasteiger partial charge in [0, 0.05) is 33.0 Å². The summed E-state index contributed by atoms with van der Waals surface area (Å²) in [6, 6.07) is 28.5. The Labute approximate surface area is 251 Å². The van der Waals surface area contributed by atoms with Crippen LogP contribution >= 0.6 is 22.9 Å². The topological polar surface area (TPSA) is 96.9 Å². The zero-order valence-electron chi connectivity index (χ0n) is 22.3. The molecule has 0 saturated heterocycles. The van der Waals surface area contributed by atoms with Crippen LogP contribution in [0.15, 0.2) is 108 Å². The van der Waals surface area contributed by atoms with E-state index in [1.54, 1.807) is 54.6 Å². The standard InChI is InChI=1S/C33H24ClN3O4S/c1-21-11-17-26-28(19-21)42-31(30(26)34)33(40)36-25-15-13-23(14-16-25)32(39)37-35-20-24-9-5-6-10-27(24)41-29(38)18-12-22-7-3-2-4-8-22/h2-20H,1H3,(H,36,40)(H,37,39)/b18-12+,35-20-. The molecule has 7 nitrogen and oxygen atoms in total. The first kappa shape index (κ1) is 28.5. The second kappa shape index (κ2) is 13.1. The molecular weight excluding hydrogens is 570 g/mol. The molecule has 5 aromatic rings. The highest BCUT2D eigenvalue weighted by atomic mass is 35.5. The number of carbonyl (C=O) groups is 3. The fourth-order valence-corrected chi connectivity index (χ4v) is 5.50. The van der Waals surface area contributed by atoms with E-state index in [2.05, 4.69) is 15.8 Å². The molecule has 208 valence electrons. The van der Waals surface area contributed by atoms with Crippen molar-refractivity contribution in [3.63, 3.8) is 0 Å². The van der Waals surface area contributed by atoms with E-state index in [1.165, 1.54) is 23.6 Å². The monoisotopic (exact) mass is 593 g/mol. The lowest BCUT2D eigenvalue weighted by molar-refractivity contribution is -0.128. The van der Waals surface area contributed by atoms with E-state index >= 15 is 0 Å². The lowest BCUT2D eigenvalue weighted by Gasteiger charge is -2.06. The quantitative estimate of drug-likeness (QED) is 0.0640. The molecule has 4 aromatic carbocycles. The first-order chi connectivity index (χ1) is 20.4. The number of hydrogen-bond donors (Lipinski definition) is 2. The van der Waals surface area contributed by atoms with E-state index in [9.17, 15) is 14.4 Å². The van der Waals surface area contributed by atoms with E-state index in [4.69, 9.17) is 16.3 Å². The molecule has 0 unspecified atom stereocenters. The Balaban J connectivity index is 1.18. The van der Waals surface area contributed by atoms with Gasteiger partial charge in [-0.1, -0.05) is 66.2 Å². The summed E-state index contributed by atoms with van der Waals surface area (Å²) in [5.41, 5.74) is 5.78. The van der Waals surface area contributed by atoms with Crippen molar-refractivity contribution in [1.29, 1.82) is 0 Å². The number of fused-ring (bicyclic) bond motifs is 1. The van der Waals surface area contributed by atoms with E-state index in [0.29, 0.717) is 32.5 Å². The van der Waals surface area contributed by atoms with Crippen molar-refractivity contribution in [1.82, 2.24) is 5.43 Å². The molecule has 2 N–H and O–H groups in total. The van der Waals surface area contributed by atoms with Gasteiger partial charge in [0.25, 0.3) is 11.8 Å². The lowest BCUT2D eigenvalue weighted by Crippen LogP contribution is -2.18. The van der Waals surface area contributed by atoms with Crippen molar-refractivity contribution in [2.45, 2.75) is 6.92 Å². The minimum Gasteiger partial charge on any atom is -0.423 e. The molecule has 42 heavy (non-hydrogen) atoms. The number of esters is 1. The van der Waals surface area contributed by atoms with Gasteiger partial charge in [-0.15, -0.1) is 11.3 Å². The smallest absolute Gasteiger partial charge is 0.336 e. The largest absolute Gasteiger partial charge is 0.423 e. The van der Waals surface area contributed by atoms with Gasteiger partial charge in [0.15, 0.2) is 0 Å². The number of para-hydroxylation sites is 1. The molecule has 0 fully saturated rings. The highest BCUT2D eigenvalue weighted by Gasteiger charge is 2.17. The predicted octanol–water partition coefficient (Wildman–Crippen LogP) is 7.50. The van der Waals surface area contributed by atoms with E-state index in [1.807, 2.05) is 55.5 Å². The number of carbonyl (C=O) groups excluding carboxylic acids is 3. The molecule has 0 atom stereocenters. The second-order valence-electron chi connectivity index (χ2n) is 9.18. The van der Waals surface area contributed by atoms with Crippen molar-refractivity contribution in [2.24, 2.45) is 5.10 Å². The third-order valence-electron chi connectivity index (χ3n) is 6.11. The Hall–Kier alpha value is -5.05. The molecule has 0 spiro atoms. The summed E-state index contributed by atoms with van der Waals surface area (Å²) in [5.74, 6) is -1.02. The van der Waals surface area contributed by atoms with Gasteiger partial charge >= 0.3 is 5.97 Å². The Bertz CT molecular complexity index is 1830. The summed E-state index contributed by atoms with van der Waals surface area (Å²) in [4.78, 5) is 38.2. The third kappa shape index (κ3) is 6.98. The van der Waals surface area contributed by atoms with Gasteiger partial charge in [-0.05, 0) is 66.6 Å². The van der Waals surface area contributed by atoms with Crippen LogP contribution in [0.5, 0.6) is 5.75 Å². The summed E-state index contributed by atoms with van der Waals surface area (Å²) in [5, 5.41) is 8.09. The van der Waals surface area contributed by atoms with Crippen LogP contribution in [0.4, 0.5) is 5.69 Å². The van der Waals surface area contributed by atoms with Gasteiger partial charge in [-0.2, -0.15) is 5.10 Å². The zero-order chi connectivity index (χ0) is 29.5. The normalized spacial score (nSPS) is 11.2. The van der Waals surface area contributed by atoms with Gasteiger partial charge in [-0.3, -0.25) is 9.59 Å². The molecule has 1 aromatic heterocycles. The van der Waals surface area contributed by atoms with Crippen LogP contribution in [-0.4, -0.2) is 24.0 Å². The van der Waals surface area contributed by atoms with E-state index in [-0.39, 0.29) is 5.91 Å². The van der Waals surface area contributed by atoms with Crippen molar-refractivity contribution in [2.75, 3.05) is 5.32 Å². The Morgan fingerprint density at radius 2 is 1.62 bits per heavy atom. The number of benzene rings is 4. The van der Waals surface area contributed by atoms with Gasteiger partial charge < -0.3 is 10.1 Å². The maximum Gasteiger partial charge on any atom is 0.336 e. The lowest BCUT2D eigenvalue weighted by atomic mass is 10.2. The number of ether oxygens (including phenoxy) is 1. The maximum atomic E-state index is 12.9. The first-order valence-electron chi connectivity index (χ1n) is 12.8. The van der Waals surface area contributed by atoms with Crippen molar-refractivity contribution < 1.29 is 19.1 Å². The van der Waals surface area contributed by atoms with Crippen molar-refractivity contribution in [3.05, 3.63) is 135 Å². The van der Waals surface area contributed by atoms with Crippen LogP contribution in [0.1, 0.15) is 36.7 Å². The number of thiophene rings is 1. The number of nitrogens with zero attached hydrogens (tertiary/aromatic N) is 1. The molecule has 0 aliphatic rings. The molecule has 0 radical (unpaired) electrons. The van der Waals surface area contributed by atoms with Gasteiger partial charge in [0.2, 0.25) is 0 Å². The van der Waals surface area contributed by atoms with Crippen LogP contribution in [0.3, 0.4) is 0 Å². The van der Waals surface area contributed by atoms with Crippen LogP contribution in [-0.2, 0) is 4.79 Å². The molecule has 0 aliphatic heterocycles. The molecular formula is C33H24ClN3O4S. The minimum absolute atomic E-state index is 0.298. The minimum atomic E-state index is -0.541. The Morgan fingerprint density at radius 1 is 0.881 bits per heavy atom. The maximum absolute atomic E-state index is 12.9. The summed E-state index contributed by atoms with van der Waals surface area (Å²) in [7, 11) is 0. The molecule has 9 heteroatoms. The average molecular weight is 594 g/mol. The fraction of sp³-hybridized carbons (Fsp3) is 0.0303. The van der Waals surface area contributed by atoms with Crippen LogP contribution in [0.25, 0.3) is 16.2 Å². The van der Waals surface area contributed by atoms with Crippen molar-refractivity contribution >= 4 is 68.8 Å². The number of hydrazone groups is 1. The van der Waals surface area contributed by atoms with Gasteiger partial charge in [0.1, 0.15) is 10.6 Å². The Kier molecular flexibility index (Phi) is 8.87. The second-order valence-corrected chi connectivity index (χ2v) is 10.6. The van der Waals surface area contributed by atoms with Gasteiger partial charge in [-0.25, -0.2) is 10.2 Å². The molecule has 0 bridgehead atoms. The predicted molar refractivity (Wildman–Crippen MR) is 169 cm³/mol. The van der Waals surface area contributed by atoms with Crippen LogP contribution < -0.4 is 15.5 Å². The van der Waals surface area contributed by atoms with Crippen LogP contribution in [0.2, 0.25) is 5.02 Å². The van der Waals surface area contributed by atoms with Crippen LogP contribution in [0, 0.1) is 6.92 Å². The van der Waals surface area contributed by atoms with Gasteiger partial charge in [0.05, 0.1) is 11.2 Å². The zero-order valence-corrected chi connectivity index (χ0v) is 23.9. The molecule has 1 heterocycles. The first-order valence-corrected chi connectivity index (χ1v) is 14.0. The number of rotatable bonds is 8. The Morgan fingerprint density at radius 3 is 2.40 bits per heavy atom. The summed E-state index contributed by atoms with van der Waals surface area (Å²) < 4.78 is 6.39. The average Bonchev–Trinajstić information content (AvgIpc) is 3.33. The number of amides is 2. The fourth-order valence-electron chi connectivity index (χ4n) is 3.99. The number of nitrogens with one attached hydrogen (secondary N) is 2. The summed E-state index contributed by atoms with van der Waals surface area (Å²) >= 11 is 7.79. The number of hydrogen-bond acceptors (Lipinski definition) is 6. The van der Waals surface area contributed by atoms with E-state index in [0.717, 1.165) is 21.2 Å². The van der Waals surface area contributed by atoms with Crippen molar-refractivity contribution in [3.8, 4) is 5.75 Å². The molecule has 0 aliphatic carbocycles. The molecule has 5 rings (SSSR count). The number of aryl methyl sites for hydroxylation is 1. The highest BCUT2D eigenvalue weighted by Crippen LogP contribution is 2.36. The third-order valence-corrected chi connectivity index (χ3v) is 7.76. The summed E-state index contributed by atoms with van der Waals surface area (Å²) in [6.45, 7) is 1.98. The molecule has 0 saturated carbocycles. The number of anilines is 1. The SMILES string of the molecule is Cc1ccc2c(Cl)c(C(=O)Nc3ccc(C(=O)N/N=C\c4ccccc4OC(=O)/C=C/c4ccccc4)cc3)sc2c1.